The second-order valence-electron chi connectivity index (χ2n) is 14.5. The molecule has 0 radical (unpaired) electrons. The minimum atomic E-state index is -0.476. The predicted octanol–water partition coefficient (Wildman–Crippen LogP) is 12.5. The van der Waals surface area contributed by atoms with Crippen LogP contribution < -0.4 is 9.64 Å². The number of anilines is 3. The molecule has 0 saturated heterocycles. The lowest BCUT2D eigenvalue weighted by Crippen LogP contribution is -2.36. The quantitative estimate of drug-likeness (QED) is 0.176. The van der Waals surface area contributed by atoms with Crippen molar-refractivity contribution < 1.29 is 4.74 Å². The summed E-state index contributed by atoms with van der Waals surface area (Å²) < 4.78 is 9.38. The monoisotopic (exact) mass is 652 g/mol. The van der Waals surface area contributed by atoms with Gasteiger partial charge in [0.05, 0.1) is 33.5 Å². The van der Waals surface area contributed by atoms with Crippen LogP contribution in [0.3, 0.4) is 0 Å². The molecule has 3 nitrogen and oxygen atoms in total. The van der Waals surface area contributed by atoms with Gasteiger partial charge < -0.3 is 14.2 Å². The zero-order chi connectivity index (χ0) is 33.4. The summed E-state index contributed by atoms with van der Waals surface area (Å²) in [6.07, 6.45) is 5.80. The summed E-state index contributed by atoms with van der Waals surface area (Å²) in [5, 5.41) is 5.05. The second-order valence-corrected chi connectivity index (χ2v) is 14.5. The van der Waals surface area contributed by atoms with Crippen LogP contribution in [-0.4, -0.2) is 4.57 Å². The van der Waals surface area contributed by atoms with Gasteiger partial charge in [0.15, 0.2) is 11.5 Å². The topological polar surface area (TPSA) is 17.4 Å². The number of hydrogen-bond donors (Lipinski definition) is 0. The Bertz CT molecular complexity index is 2910. The number of nitrogens with zero attached hydrogens (tertiary/aromatic N) is 2. The van der Waals surface area contributed by atoms with Crippen molar-refractivity contribution in [3.63, 3.8) is 0 Å². The third kappa shape index (κ3) is 3.30. The van der Waals surface area contributed by atoms with Crippen LogP contribution in [0.1, 0.15) is 35.6 Å². The molecule has 0 saturated carbocycles. The summed E-state index contributed by atoms with van der Waals surface area (Å²) in [5.74, 6) is 2.08. The number of benzene rings is 7. The molecule has 0 amide bonds. The Morgan fingerprint density at radius 3 is 2.33 bits per heavy atom. The second kappa shape index (κ2) is 9.68. The van der Waals surface area contributed by atoms with Crippen molar-refractivity contribution in [1.82, 2.24) is 4.57 Å². The Morgan fingerprint density at radius 2 is 1.39 bits per heavy atom. The number of hydrogen-bond acceptors (Lipinski definition) is 2. The molecule has 8 aromatic rings. The maximum absolute atomic E-state index is 6.86. The van der Waals surface area contributed by atoms with E-state index in [4.69, 9.17) is 4.74 Å². The highest BCUT2D eigenvalue weighted by Gasteiger charge is 2.55. The molecule has 0 fully saturated rings. The highest BCUT2D eigenvalue weighted by molar-refractivity contribution is 6.13. The van der Waals surface area contributed by atoms with Gasteiger partial charge in [-0.15, -0.1) is 0 Å². The maximum atomic E-state index is 6.86. The minimum Gasteiger partial charge on any atom is -0.453 e. The first-order valence-corrected chi connectivity index (χ1v) is 18.0. The average molecular weight is 653 g/mol. The van der Waals surface area contributed by atoms with Crippen molar-refractivity contribution in [3.05, 3.63) is 186 Å². The number of rotatable bonds is 1. The van der Waals surface area contributed by atoms with Crippen molar-refractivity contribution in [2.24, 2.45) is 5.92 Å². The fraction of sp³-hybridized carbons (Fsp3) is 0.0833. The van der Waals surface area contributed by atoms with E-state index >= 15 is 0 Å². The Morgan fingerprint density at radius 1 is 0.627 bits per heavy atom. The lowest BCUT2D eigenvalue weighted by atomic mass is 9.61. The van der Waals surface area contributed by atoms with Crippen LogP contribution >= 0.6 is 0 Å². The van der Waals surface area contributed by atoms with Gasteiger partial charge in [-0.25, -0.2) is 0 Å². The summed E-state index contributed by atoms with van der Waals surface area (Å²) >= 11 is 0. The molecular formula is C48H32N2O. The molecule has 240 valence electrons. The van der Waals surface area contributed by atoms with Gasteiger partial charge in [-0.3, -0.25) is 0 Å². The van der Waals surface area contributed by atoms with Crippen LogP contribution in [0.2, 0.25) is 0 Å². The summed E-state index contributed by atoms with van der Waals surface area (Å²) in [5.41, 5.74) is 14.7. The van der Waals surface area contributed by atoms with Crippen LogP contribution in [0.15, 0.2) is 163 Å². The van der Waals surface area contributed by atoms with Crippen LogP contribution in [0, 0.1) is 5.92 Å². The zero-order valence-electron chi connectivity index (χ0n) is 28.1. The fourth-order valence-corrected chi connectivity index (χ4v) is 10.1. The van der Waals surface area contributed by atoms with Gasteiger partial charge in [-0.2, -0.15) is 0 Å². The number of allylic oxidation sites excluding steroid dienone is 4. The highest BCUT2D eigenvalue weighted by atomic mass is 16.5. The molecule has 0 bridgehead atoms. The molecule has 1 aromatic heterocycles. The predicted molar refractivity (Wildman–Crippen MR) is 209 cm³/mol. The van der Waals surface area contributed by atoms with Gasteiger partial charge in [0.1, 0.15) is 0 Å². The van der Waals surface area contributed by atoms with Crippen LogP contribution in [0.25, 0.3) is 43.8 Å². The van der Waals surface area contributed by atoms with E-state index in [1.165, 1.54) is 71.7 Å². The SMILES string of the molecule is CC1CC=CC2=C1C1(c3ccccc3-n3c4ccccc4c4cccc1c43)c1ccc3c(c12)N(c1ccc2ccccc2c1)c1ccccc1O3. The van der Waals surface area contributed by atoms with Crippen LogP contribution in [-0.2, 0) is 5.41 Å². The Labute approximate surface area is 296 Å². The fourth-order valence-electron chi connectivity index (χ4n) is 10.1. The number of ether oxygens (including phenoxy) is 1. The van der Waals surface area contributed by atoms with Crippen molar-refractivity contribution in [2.45, 2.75) is 18.8 Å². The van der Waals surface area contributed by atoms with Gasteiger partial charge in [-0.1, -0.05) is 122 Å². The zero-order valence-corrected chi connectivity index (χ0v) is 28.1. The highest BCUT2D eigenvalue weighted by Crippen LogP contribution is 2.66. The van der Waals surface area contributed by atoms with E-state index < -0.39 is 5.41 Å². The molecule has 51 heavy (non-hydrogen) atoms. The summed E-state index contributed by atoms with van der Waals surface area (Å²) in [6, 6.07) is 53.6. The number of para-hydroxylation sites is 5. The van der Waals surface area contributed by atoms with Gasteiger partial charge in [0, 0.05) is 22.0 Å². The molecule has 12 rings (SSSR count). The van der Waals surface area contributed by atoms with Crippen molar-refractivity contribution in [1.29, 1.82) is 0 Å². The van der Waals surface area contributed by atoms with Gasteiger partial charge in [0.2, 0.25) is 0 Å². The summed E-state index contributed by atoms with van der Waals surface area (Å²) in [4.78, 5) is 2.46. The first-order valence-electron chi connectivity index (χ1n) is 18.0. The molecule has 2 unspecified atom stereocenters. The lowest BCUT2D eigenvalue weighted by Gasteiger charge is -2.43. The molecule has 1 spiro atoms. The standard InChI is InChI=1S/C48H32N2O/c1-29-12-10-17-35-44-37(26-27-43-47(44)49(41-22-8-9-23-42(41)51-43)32-25-24-30-13-2-3-14-31(30)28-32)48(45(29)35)36-18-5-7-21-40(36)50-39-20-6-4-15-33(39)34-16-11-19-38(48)46(34)50/h2-11,13-29H,12H2,1H3. The smallest absolute Gasteiger partial charge is 0.152 e. The van der Waals surface area contributed by atoms with E-state index in [9.17, 15) is 0 Å². The van der Waals surface area contributed by atoms with E-state index in [-0.39, 0.29) is 0 Å². The molecule has 2 aliphatic heterocycles. The normalized spacial score (nSPS) is 19.2. The van der Waals surface area contributed by atoms with Crippen molar-refractivity contribution in [3.8, 4) is 17.2 Å². The molecule has 4 aliphatic rings. The maximum Gasteiger partial charge on any atom is 0.152 e. The summed E-state index contributed by atoms with van der Waals surface area (Å²) in [6.45, 7) is 2.43. The molecule has 2 atom stereocenters. The summed E-state index contributed by atoms with van der Waals surface area (Å²) in [7, 11) is 0. The molecule has 0 N–H and O–H groups in total. The Kier molecular flexibility index (Phi) is 5.22. The van der Waals surface area contributed by atoms with Crippen LogP contribution in [0.5, 0.6) is 11.5 Å². The van der Waals surface area contributed by atoms with E-state index in [0.717, 1.165) is 35.0 Å². The van der Waals surface area contributed by atoms with E-state index in [1.807, 2.05) is 0 Å². The molecule has 3 heteroatoms. The van der Waals surface area contributed by atoms with Crippen molar-refractivity contribution in [2.75, 3.05) is 4.90 Å². The first-order chi connectivity index (χ1) is 25.2. The molecular weight excluding hydrogens is 621 g/mol. The third-order valence-electron chi connectivity index (χ3n) is 12.0. The van der Waals surface area contributed by atoms with E-state index in [1.54, 1.807) is 0 Å². The molecule has 3 heterocycles. The van der Waals surface area contributed by atoms with Crippen LogP contribution in [0.4, 0.5) is 17.1 Å². The average Bonchev–Trinajstić information content (AvgIpc) is 3.68. The third-order valence-corrected chi connectivity index (χ3v) is 12.0. The minimum absolute atomic E-state index is 0.332. The van der Waals surface area contributed by atoms with Gasteiger partial charge >= 0.3 is 0 Å². The van der Waals surface area contributed by atoms with Gasteiger partial charge in [-0.05, 0) is 93.4 Å². The Balaban J connectivity index is 1.25. The van der Waals surface area contributed by atoms with Gasteiger partial charge in [0.25, 0.3) is 0 Å². The Hall–Kier alpha value is -6.32. The molecule has 2 aliphatic carbocycles. The van der Waals surface area contributed by atoms with E-state index in [2.05, 4.69) is 174 Å². The lowest BCUT2D eigenvalue weighted by molar-refractivity contribution is 0.476. The largest absolute Gasteiger partial charge is 0.453 e. The molecule has 7 aromatic carbocycles. The van der Waals surface area contributed by atoms with Crippen molar-refractivity contribution >= 4 is 55.2 Å². The van der Waals surface area contributed by atoms with E-state index in [0.29, 0.717) is 5.92 Å². The number of aromatic nitrogens is 1. The number of fused-ring (bicyclic) bond motifs is 15. The first kappa shape index (κ1) is 27.5.